The van der Waals surface area contributed by atoms with E-state index in [1.165, 1.54) is 58.9 Å². The van der Waals surface area contributed by atoms with Gasteiger partial charge in [-0.25, -0.2) is 0 Å². The van der Waals surface area contributed by atoms with E-state index in [4.69, 9.17) is 23.6 Å². The molecule has 0 aromatic heterocycles. The highest BCUT2D eigenvalue weighted by molar-refractivity contribution is 9.02. The van der Waals surface area contributed by atoms with E-state index in [9.17, 15) is 0 Å². The Labute approximate surface area is 220 Å². The highest BCUT2D eigenvalue weighted by Crippen LogP contribution is 2.77. The molecule has 8 heteroatoms. The molecule has 2 atom stereocenters. The average Bonchev–Trinajstić information content (AvgIpc) is 3.53. The minimum Gasteiger partial charge on any atom is -0.110 e. The van der Waals surface area contributed by atoms with Crippen LogP contribution in [0.1, 0.15) is 36.8 Å². The van der Waals surface area contributed by atoms with Crippen LogP contribution in [0.5, 0.6) is 0 Å². The number of benzene rings is 1. The van der Waals surface area contributed by atoms with Crippen molar-refractivity contribution in [3.8, 4) is 0 Å². The Morgan fingerprint density at radius 1 is 0.625 bits per heavy atom. The van der Waals surface area contributed by atoms with Crippen LogP contribution in [0, 0.1) is 12.8 Å². The second kappa shape index (κ2) is 12.7. The van der Waals surface area contributed by atoms with Crippen LogP contribution >= 0.6 is 54.4 Å². The Morgan fingerprint density at radius 3 is 1.50 bits per heavy atom. The van der Waals surface area contributed by atoms with Gasteiger partial charge < -0.3 is 0 Å². The zero-order valence-electron chi connectivity index (χ0n) is 17.9. The van der Waals surface area contributed by atoms with E-state index in [1.54, 1.807) is 0 Å². The summed E-state index contributed by atoms with van der Waals surface area (Å²) in [7, 11) is 0. The maximum Gasteiger partial charge on any atom is 0.0850 e. The van der Waals surface area contributed by atoms with Crippen LogP contribution in [0.4, 0.5) is 0 Å². The van der Waals surface area contributed by atoms with E-state index >= 15 is 0 Å². The SMILES string of the molecule is S=[P@@]1(C2=C[CH]C=C2)SCCCCCCS[P@@](=S)(C2=C[CH]C=C2)SCc2ccccc2CS1. The fraction of sp³-hybridized carbons (Fsp3) is 0.333. The molecule has 0 spiro atoms. The summed E-state index contributed by atoms with van der Waals surface area (Å²) in [5, 5.41) is 2.75. The Morgan fingerprint density at radius 2 is 1.09 bits per heavy atom. The molecule has 1 heterocycles. The first kappa shape index (κ1) is 26.0. The molecule has 1 aliphatic heterocycles. The normalized spacial score (nSPS) is 30.0. The van der Waals surface area contributed by atoms with Crippen molar-refractivity contribution in [1.82, 2.24) is 0 Å². The van der Waals surface area contributed by atoms with Crippen LogP contribution in [-0.2, 0) is 35.1 Å². The zero-order chi connectivity index (χ0) is 22.3. The molecule has 3 aliphatic rings. The van der Waals surface area contributed by atoms with E-state index in [2.05, 4.69) is 96.3 Å². The molecule has 4 rings (SSSR count). The van der Waals surface area contributed by atoms with Crippen LogP contribution < -0.4 is 0 Å². The first-order valence-electron chi connectivity index (χ1n) is 10.9. The van der Waals surface area contributed by atoms with Crippen molar-refractivity contribution < 1.29 is 0 Å². The minimum atomic E-state index is -1.69. The Bertz CT molecular complexity index is 942. The van der Waals surface area contributed by atoms with Crippen LogP contribution in [0.15, 0.2) is 71.3 Å². The summed E-state index contributed by atoms with van der Waals surface area (Å²) in [5.41, 5.74) is 2.85. The molecule has 0 saturated carbocycles. The largest absolute Gasteiger partial charge is 0.110 e. The molecule has 0 N–H and O–H groups in total. The second-order valence-electron chi connectivity index (χ2n) is 7.68. The van der Waals surface area contributed by atoms with Gasteiger partial charge in [-0.2, -0.15) is 0 Å². The summed E-state index contributed by atoms with van der Waals surface area (Å²) < 4.78 is -3.39. The lowest BCUT2D eigenvalue weighted by Gasteiger charge is -2.24. The van der Waals surface area contributed by atoms with Crippen molar-refractivity contribution in [3.63, 3.8) is 0 Å². The zero-order valence-corrected chi connectivity index (χ0v) is 24.6. The molecule has 1 aromatic rings. The van der Waals surface area contributed by atoms with Gasteiger partial charge in [0.1, 0.15) is 0 Å². The third-order valence-electron chi connectivity index (χ3n) is 5.38. The van der Waals surface area contributed by atoms with Gasteiger partial charge >= 0.3 is 0 Å². The molecule has 0 nitrogen and oxygen atoms in total. The lowest BCUT2D eigenvalue weighted by Crippen LogP contribution is -1.92. The van der Waals surface area contributed by atoms with Gasteiger partial charge in [-0.15, -0.1) is 45.5 Å². The van der Waals surface area contributed by atoms with Gasteiger partial charge in [0.25, 0.3) is 0 Å². The fourth-order valence-electron chi connectivity index (χ4n) is 3.54. The van der Waals surface area contributed by atoms with Gasteiger partial charge in [-0.05, 0) is 35.5 Å². The first-order valence-corrected chi connectivity index (χ1v) is 22.9. The molecule has 1 aromatic carbocycles. The highest BCUT2D eigenvalue weighted by Gasteiger charge is 2.26. The third-order valence-corrected chi connectivity index (χ3v) is 27.8. The molecule has 2 radical (unpaired) electrons. The lowest BCUT2D eigenvalue weighted by atomic mass is 10.1. The molecular weight excluding hydrogens is 543 g/mol. The molecule has 2 aliphatic carbocycles. The van der Waals surface area contributed by atoms with Crippen molar-refractivity contribution in [2.24, 2.45) is 0 Å². The molecule has 32 heavy (non-hydrogen) atoms. The van der Waals surface area contributed by atoms with Gasteiger partial charge in [0.15, 0.2) is 0 Å². The summed E-state index contributed by atoms with van der Waals surface area (Å²) in [6.07, 6.45) is 22.7. The van der Waals surface area contributed by atoms with E-state index in [0.717, 1.165) is 11.5 Å². The summed E-state index contributed by atoms with van der Waals surface area (Å²) in [5.74, 6) is 4.31. The summed E-state index contributed by atoms with van der Waals surface area (Å²) >= 11 is 20.8. The van der Waals surface area contributed by atoms with Crippen molar-refractivity contribution in [3.05, 3.63) is 95.3 Å². The van der Waals surface area contributed by atoms with Gasteiger partial charge in [-0.1, -0.05) is 97.2 Å². The second-order valence-corrected chi connectivity index (χ2v) is 30.2. The van der Waals surface area contributed by atoms with Crippen molar-refractivity contribution in [1.29, 1.82) is 0 Å². The van der Waals surface area contributed by atoms with Crippen molar-refractivity contribution >= 4 is 78.0 Å². The average molecular weight is 571 g/mol. The van der Waals surface area contributed by atoms with E-state index < -0.39 is 8.88 Å². The Balaban J connectivity index is 1.57. The molecule has 0 fully saturated rings. The van der Waals surface area contributed by atoms with Gasteiger partial charge in [0.05, 0.1) is 8.88 Å². The van der Waals surface area contributed by atoms with Crippen molar-refractivity contribution in [2.75, 3.05) is 11.5 Å². The molecular formula is C24H28P2S6. The smallest absolute Gasteiger partial charge is 0.0850 e. The summed E-state index contributed by atoms with van der Waals surface area (Å²) in [6, 6.07) is 8.92. The van der Waals surface area contributed by atoms with Gasteiger partial charge in [0, 0.05) is 35.0 Å². The molecule has 0 bridgehead atoms. The monoisotopic (exact) mass is 570 g/mol. The number of hydrogen-bond donors (Lipinski definition) is 0. The van der Waals surface area contributed by atoms with E-state index in [0.29, 0.717) is 0 Å². The summed E-state index contributed by atoms with van der Waals surface area (Å²) in [4.78, 5) is 0. The summed E-state index contributed by atoms with van der Waals surface area (Å²) in [6.45, 7) is 0. The standard InChI is InChI=1S/C24H28P2S6/c27-25(23-13-5-6-14-23)29-17-9-1-2-10-18-30-26(28,24-15-7-8-16-24)32-20-22-12-4-3-11-21(22)19-31-25/h3-8,11-16H,1-2,9-10,17-20H2/t25-,26-/m0/s1. The number of rotatable bonds is 2. The maximum absolute atomic E-state index is 6.35. The maximum atomic E-state index is 6.35. The van der Waals surface area contributed by atoms with Crippen LogP contribution in [-0.4, -0.2) is 11.5 Å². The first-order chi connectivity index (χ1) is 15.6. The Kier molecular flexibility index (Phi) is 10.3. The Hall–Kier alpha value is 0.880. The number of hydrogen-bond acceptors (Lipinski definition) is 6. The predicted molar refractivity (Wildman–Crippen MR) is 164 cm³/mol. The molecule has 0 saturated heterocycles. The fourth-order valence-corrected chi connectivity index (χ4v) is 22.1. The molecule has 170 valence electrons. The molecule has 0 unspecified atom stereocenters. The van der Waals surface area contributed by atoms with Gasteiger partial charge in [-0.3, -0.25) is 0 Å². The van der Waals surface area contributed by atoms with Gasteiger partial charge in [0.2, 0.25) is 0 Å². The van der Waals surface area contributed by atoms with Crippen LogP contribution in [0.2, 0.25) is 0 Å². The van der Waals surface area contributed by atoms with Crippen LogP contribution in [0.3, 0.4) is 0 Å². The number of allylic oxidation sites excluding steroid dienone is 8. The molecule has 0 amide bonds. The lowest BCUT2D eigenvalue weighted by molar-refractivity contribution is 0.712. The highest BCUT2D eigenvalue weighted by atomic mass is 33.2. The quantitative estimate of drug-likeness (QED) is 0.322. The number of fused-ring (bicyclic) bond motifs is 1. The van der Waals surface area contributed by atoms with E-state index in [-0.39, 0.29) is 0 Å². The van der Waals surface area contributed by atoms with Crippen LogP contribution in [0.25, 0.3) is 0 Å². The minimum absolute atomic E-state index is 0.985. The topological polar surface area (TPSA) is 0 Å². The van der Waals surface area contributed by atoms with Crippen molar-refractivity contribution in [2.45, 2.75) is 37.2 Å². The third kappa shape index (κ3) is 6.97. The van der Waals surface area contributed by atoms with E-state index in [1.807, 2.05) is 22.8 Å². The predicted octanol–water partition coefficient (Wildman–Crippen LogP) is 10.1.